The van der Waals surface area contributed by atoms with Crippen molar-refractivity contribution in [3.05, 3.63) is 0 Å². The molecule has 0 atom stereocenters. The molecule has 0 aromatic carbocycles. The first-order valence-corrected chi connectivity index (χ1v) is 3.74. The molecule has 11 heavy (non-hydrogen) atoms. The van der Waals surface area contributed by atoms with E-state index in [4.69, 9.17) is 28.5 Å². The van der Waals surface area contributed by atoms with Crippen molar-refractivity contribution in [3.8, 4) is 0 Å². The van der Waals surface area contributed by atoms with Gasteiger partial charge in [0.05, 0.1) is 23.7 Å². The van der Waals surface area contributed by atoms with Crippen LogP contribution in [0.5, 0.6) is 0 Å². The Labute approximate surface area is 76.9 Å². The molecule has 68 valence electrons. The van der Waals surface area contributed by atoms with Crippen molar-refractivity contribution in [1.82, 2.24) is 0 Å². The Balaban J connectivity index is 4.02. The summed E-state index contributed by atoms with van der Waals surface area (Å²) in [6.07, 6.45) is 0. The third kappa shape index (κ3) is 4.82. The summed E-state index contributed by atoms with van der Waals surface area (Å²) in [5.41, 5.74) is 0. The first kappa shape index (κ1) is 11.5. The lowest BCUT2D eigenvalue weighted by molar-refractivity contribution is -0.280. The first-order chi connectivity index (χ1) is 4.83. The van der Waals surface area contributed by atoms with E-state index >= 15 is 0 Å². The van der Waals surface area contributed by atoms with Crippen LogP contribution in [-0.4, -0.2) is 11.6 Å². The molecule has 0 radical (unpaired) electrons. The molecule has 0 bridgehead atoms. The standard InChI is InChI=1S/C6H12Cl2O3/c1-5(2,10-7)9-6(3,4)11-8/h1-4H3. The Bertz CT molecular complexity index is 111. The molecule has 0 heterocycles. The van der Waals surface area contributed by atoms with Crippen molar-refractivity contribution in [2.45, 2.75) is 39.3 Å². The van der Waals surface area contributed by atoms with Crippen LogP contribution in [-0.2, 0) is 13.3 Å². The van der Waals surface area contributed by atoms with Crippen molar-refractivity contribution in [2.75, 3.05) is 0 Å². The quantitative estimate of drug-likeness (QED) is 0.657. The van der Waals surface area contributed by atoms with E-state index in [0.29, 0.717) is 0 Å². The van der Waals surface area contributed by atoms with Gasteiger partial charge in [-0.2, -0.15) is 0 Å². The Morgan fingerprint density at radius 2 is 1.09 bits per heavy atom. The van der Waals surface area contributed by atoms with Crippen LogP contribution in [0, 0.1) is 0 Å². The fourth-order valence-electron chi connectivity index (χ4n) is 0.623. The van der Waals surface area contributed by atoms with Crippen LogP contribution in [0.1, 0.15) is 27.7 Å². The maximum absolute atomic E-state index is 5.22. The van der Waals surface area contributed by atoms with E-state index in [1.807, 2.05) is 0 Å². The molecule has 0 unspecified atom stereocenters. The van der Waals surface area contributed by atoms with E-state index in [1.54, 1.807) is 27.7 Å². The lowest BCUT2D eigenvalue weighted by atomic mass is 10.3. The molecule has 0 aliphatic carbocycles. The summed E-state index contributed by atoms with van der Waals surface area (Å²) in [7, 11) is 0. The SMILES string of the molecule is CC(C)(OCl)OC(C)(C)OCl. The van der Waals surface area contributed by atoms with E-state index < -0.39 is 11.6 Å². The highest BCUT2D eigenvalue weighted by Gasteiger charge is 2.30. The lowest BCUT2D eigenvalue weighted by Crippen LogP contribution is -2.37. The van der Waals surface area contributed by atoms with Crippen LogP contribution < -0.4 is 0 Å². The minimum Gasteiger partial charge on any atom is -0.317 e. The van der Waals surface area contributed by atoms with Gasteiger partial charge in [-0.3, -0.25) is 0 Å². The van der Waals surface area contributed by atoms with Gasteiger partial charge in [-0.15, -0.1) is 0 Å². The van der Waals surface area contributed by atoms with E-state index in [-0.39, 0.29) is 0 Å². The molecule has 0 aliphatic rings. The Hall–Kier alpha value is 0.460. The number of rotatable bonds is 4. The van der Waals surface area contributed by atoms with Crippen LogP contribution in [0.3, 0.4) is 0 Å². The zero-order valence-corrected chi connectivity index (χ0v) is 8.49. The minimum absolute atomic E-state index is 0.917. The normalized spacial score (nSPS) is 13.6. The second kappa shape index (κ2) is 3.92. The number of hydrogen-bond donors (Lipinski definition) is 0. The highest BCUT2D eigenvalue weighted by Crippen LogP contribution is 2.24. The molecule has 0 rings (SSSR count). The summed E-state index contributed by atoms with van der Waals surface area (Å²) >= 11 is 10.3. The van der Waals surface area contributed by atoms with E-state index in [2.05, 4.69) is 8.58 Å². The third-order valence-corrected chi connectivity index (χ3v) is 1.61. The predicted molar refractivity (Wildman–Crippen MR) is 43.1 cm³/mol. The lowest BCUT2D eigenvalue weighted by Gasteiger charge is -2.30. The van der Waals surface area contributed by atoms with Crippen molar-refractivity contribution in [2.24, 2.45) is 0 Å². The zero-order chi connectivity index (χ0) is 9.12. The fourth-order valence-corrected chi connectivity index (χ4v) is 0.686. The molecule has 0 N–H and O–H groups in total. The maximum atomic E-state index is 5.22. The summed E-state index contributed by atoms with van der Waals surface area (Å²) in [4.78, 5) is 0. The zero-order valence-electron chi connectivity index (χ0n) is 6.98. The van der Waals surface area contributed by atoms with E-state index in [1.165, 1.54) is 0 Å². The topological polar surface area (TPSA) is 27.7 Å². The Morgan fingerprint density at radius 1 is 0.818 bits per heavy atom. The van der Waals surface area contributed by atoms with Gasteiger partial charge in [-0.25, -0.2) is 8.58 Å². The molecule has 0 amide bonds. The summed E-state index contributed by atoms with van der Waals surface area (Å²) < 4.78 is 14.2. The number of halogens is 2. The van der Waals surface area contributed by atoms with Gasteiger partial charge in [0.15, 0.2) is 11.6 Å². The van der Waals surface area contributed by atoms with Gasteiger partial charge >= 0.3 is 0 Å². The molecule has 0 saturated carbocycles. The summed E-state index contributed by atoms with van der Waals surface area (Å²) in [5, 5.41) is 0. The fraction of sp³-hybridized carbons (Fsp3) is 1.00. The van der Waals surface area contributed by atoms with Gasteiger partial charge in [0, 0.05) is 0 Å². The van der Waals surface area contributed by atoms with Gasteiger partial charge < -0.3 is 4.74 Å². The Morgan fingerprint density at radius 3 is 1.27 bits per heavy atom. The molecule has 0 aromatic rings. The predicted octanol–water partition coefficient (Wildman–Crippen LogP) is 2.82. The second-order valence-electron chi connectivity index (χ2n) is 3.06. The highest BCUT2D eigenvalue weighted by molar-refractivity contribution is 6.07. The minimum atomic E-state index is -0.917. The molecule has 0 spiro atoms. The molecule has 0 aromatic heterocycles. The first-order valence-electron chi connectivity index (χ1n) is 3.13. The van der Waals surface area contributed by atoms with Crippen molar-refractivity contribution in [1.29, 1.82) is 0 Å². The van der Waals surface area contributed by atoms with E-state index in [0.717, 1.165) is 0 Å². The third-order valence-electron chi connectivity index (χ3n) is 0.863. The molecule has 0 saturated heterocycles. The highest BCUT2D eigenvalue weighted by atomic mass is 35.5. The summed E-state index contributed by atoms with van der Waals surface area (Å²) in [5.74, 6) is -1.83. The molecule has 5 heteroatoms. The van der Waals surface area contributed by atoms with Crippen LogP contribution in [0.2, 0.25) is 0 Å². The number of hydrogen-bond acceptors (Lipinski definition) is 3. The van der Waals surface area contributed by atoms with Gasteiger partial charge in [0.25, 0.3) is 0 Å². The molecule has 0 aliphatic heterocycles. The van der Waals surface area contributed by atoms with Crippen LogP contribution >= 0.6 is 23.7 Å². The molecular weight excluding hydrogens is 191 g/mol. The number of ether oxygens (including phenoxy) is 1. The van der Waals surface area contributed by atoms with Crippen LogP contribution in [0.4, 0.5) is 0 Å². The molecule has 3 nitrogen and oxygen atoms in total. The van der Waals surface area contributed by atoms with Crippen LogP contribution in [0.25, 0.3) is 0 Å². The van der Waals surface area contributed by atoms with E-state index in [9.17, 15) is 0 Å². The average Bonchev–Trinajstić information content (AvgIpc) is 1.86. The average molecular weight is 203 g/mol. The molecule has 0 fully saturated rings. The monoisotopic (exact) mass is 202 g/mol. The Kier molecular flexibility index (Phi) is 4.08. The summed E-state index contributed by atoms with van der Waals surface area (Å²) in [6.45, 7) is 6.60. The van der Waals surface area contributed by atoms with Crippen molar-refractivity contribution < 1.29 is 13.3 Å². The summed E-state index contributed by atoms with van der Waals surface area (Å²) in [6, 6.07) is 0. The van der Waals surface area contributed by atoms with Crippen molar-refractivity contribution >= 4 is 23.7 Å². The van der Waals surface area contributed by atoms with Gasteiger partial charge in [-0.05, 0) is 27.7 Å². The van der Waals surface area contributed by atoms with Gasteiger partial charge in [0.2, 0.25) is 0 Å². The van der Waals surface area contributed by atoms with Crippen molar-refractivity contribution in [3.63, 3.8) is 0 Å². The maximum Gasteiger partial charge on any atom is 0.185 e. The second-order valence-corrected chi connectivity index (χ2v) is 3.36. The van der Waals surface area contributed by atoms with Gasteiger partial charge in [0.1, 0.15) is 0 Å². The van der Waals surface area contributed by atoms with Gasteiger partial charge in [-0.1, -0.05) is 0 Å². The largest absolute Gasteiger partial charge is 0.317 e. The smallest absolute Gasteiger partial charge is 0.185 e. The molecular formula is C6H12Cl2O3. The van der Waals surface area contributed by atoms with Crippen LogP contribution in [0.15, 0.2) is 0 Å².